The Labute approximate surface area is 105 Å². The Balaban J connectivity index is 2.49. The van der Waals surface area contributed by atoms with E-state index < -0.39 is 5.97 Å². The molecule has 3 heteroatoms. The zero-order valence-electron chi connectivity index (χ0n) is 11.3. The van der Waals surface area contributed by atoms with Crippen LogP contribution in [0.1, 0.15) is 58.8 Å². The van der Waals surface area contributed by atoms with Crippen LogP contribution >= 0.6 is 0 Å². The lowest BCUT2D eigenvalue weighted by Crippen LogP contribution is -2.39. The van der Waals surface area contributed by atoms with E-state index in [0.717, 1.165) is 13.1 Å². The number of aliphatic carboxylic acids is 1. The van der Waals surface area contributed by atoms with Gasteiger partial charge >= 0.3 is 5.97 Å². The lowest BCUT2D eigenvalue weighted by Gasteiger charge is -2.32. The molecule has 1 rings (SSSR count). The van der Waals surface area contributed by atoms with Gasteiger partial charge < -0.3 is 5.11 Å². The van der Waals surface area contributed by atoms with Gasteiger partial charge in [-0.15, -0.1) is 0 Å². The van der Waals surface area contributed by atoms with Gasteiger partial charge in [0.1, 0.15) is 0 Å². The molecule has 0 atom stereocenters. The summed E-state index contributed by atoms with van der Waals surface area (Å²) in [6, 6.07) is 0.624. The summed E-state index contributed by atoms with van der Waals surface area (Å²) in [4.78, 5) is 13.1. The topological polar surface area (TPSA) is 40.5 Å². The molecule has 0 saturated heterocycles. The van der Waals surface area contributed by atoms with E-state index in [4.69, 9.17) is 5.11 Å². The van der Waals surface area contributed by atoms with Gasteiger partial charge in [-0.25, -0.2) is 0 Å². The van der Waals surface area contributed by atoms with Gasteiger partial charge in [0.15, 0.2) is 0 Å². The molecule has 0 spiro atoms. The minimum Gasteiger partial charge on any atom is -0.481 e. The number of nitrogens with zero attached hydrogens (tertiary/aromatic N) is 1. The predicted molar refractivity (Wildman–Crippen MR) is 70.2 cm³/mol. The molecule has 0 unspecified atom stereocenters. The van der Waals surface area contributed by atoms with E-state index in [1.54, 1.807) is 0 Å². The van der Waals surface area contributed by atoms with Crippen molar-refractivity contribution in [3.05, 3.63) is 0 Å². The molecule has 1 aliphatic rings. The number of carboxylic acid groups (broad SMARTS) is 1. The SMILES string of the molecule is CC(C)CN(CCC(=O)O)C1CCCCCC1. The summed E-state index contributed by atoms with van der Waals surface area (Å²) in [6.45, 7) is 6.19. The Morgan fingerprint density at radius 3 is 2.29 bits per heavy atom. The first-order valence-electron chi connectivity index (χ1n) is 7.05. The van der Waals surface area contributed by atoms with Crippen LogP contribution in [-0.4, -0.2) is 35.1 Å². The Hall–Kier alpha value is -0.570. The van der Waals surface area contributed by atoms with E-state index in [0.29, 0.717) is 12.0 Å². The molecule has 0 heterocycles. The van der Waals surface area contributed by atoms with E-state index >= 15 is 0 Å². The molecule has 0 aliphatic heterocycles. The van der Waals surface area contributed by atoms with Crippen LogP contribution < -0.4 is 0 Å². The van der Waals surface area contributed by atoms with E-state index in [-0.39, 0.29) is 6.42 Å². The van der Waals surface area contributed by atoms with Gasteiger partial charge in [-0.3, -0.25) is 9.69 Å². The molecule has 1 saturated carbocycles. The Bertz CT molecular complexity index is 220. The molecule has 0 aromatic carbocycles. The number of carbonyl (C=O) groups is 1. The van der Waals surface area contributed by atoms with Crippen LogP contribution in [0.15, 0.2) is 0 Å². The highest BCUT2D eigenvalue weighted by Crippen LogP contribution is 2.22. The smallest absolute Gasteiger partial charge is 0.304 e. The third-order valence-electron chi connectivity index (χ3n) is 3.55. The van der Waals surface area contributed by atoms with Gasteiger partial charge in [0.05, 0.1) is 6.42 Å². The summed E-state index contributed by atoms with van der Waals surface area (Å²) in [5.74, 6) is -0.0561. The van der Waals surface area contributed by atoms with Gasteiger partial charge in [-0.2, -0.15) is 0 Å². The van der Waals surface area contributed by atoms with Crippen molar-refractivity contribution in [2.45, 2.75) is 64.8 Å². The zero-order chi connectivity index (χ0) is 12.7. The molecule has 0 aromatic rings. The molecule has 1 N–H and O–H groups in total. The van der Waals surface area contributed by atoms with Gasteiger partial charge in [0.25, 0.3) is 0 Å². The van der Waals surface area contributed by atoms with Gasteiger partial charge in [0.2, 0.25) is 0 Å². The first-order valence-corrected chi connectivity index (χ1v) is 7.05. The van der Waals surface area contributed by atoms with Crippen LogP contribution in [0, 0.1) is 5.92 Å². The highest BCUT2D eigenvalue weighted by Gasteiger charge is 2.21. The normalized spacial score (nSPS) is 18.6. The third kappa shape index (κ3) is 6.06. The molecule has 0 amide bonds. The molecular formula is C14H27NO2. The summed E-state index contributed by atoms with van der Waals surface area (Å²) in [5, 5.41) is 8.82. The molecule has 1 aliphatic carbocycles. The van der Waals surface area contributed by atoms with Gasteiger partial charge in [0, 0.05) is 19.1 Å². The number of hydrogen-bond acceptors (Lipinski definition) is 2. The molecular weight excluding hydrogens is 214 g/mol. The van der Waals surface area contributed by atoms with E-state index in [1.165, 1.54) is 38.5 Å². The molecule has 0 bridgehead atoms. The lowest BCUT2D eigenvalue weighted by atomic mass is 10.0. The average Bonchev–Trinajstić information content (AvgIpc) is 2.51. The van der Waals surface area contributed by atoms with Crippen LogP contribution in [0.5, 0.6) is 0 Å². The van der Waals surface area contributed by atoms with E-state index in [1.807, 2.05) is 0 Å². The molecule has 0 aromatic heterocycles. The van der Waals surface area contributed by atoms with Crippen molar-refractivity contribution in [1.82, 2.24) is 4.90 Å². The molecule has 1 fully saturated rings. The summed E-state index contributed by atoms with van der Waals surface area (Å²) >= 11 is 0. The second-order valence-electron chi connectivity index (χ2n) is 5.68. The second-order valence-corrected chi connectivity index (χ2v) is 5.68. The van der Waals surface area contributed by atoms with E-state index in [2.05, 4.69) is 18.7 Å². The van der Waals surface area contributed by atoms with Crippen molar-refractivity contribution in [3.63, 3.8) is 0 Å². The van der Waals surface area contributed by atoms with E-state index in [9.17, 15) is 4.79 Å². The van der Waals surface area contributed by atoms with Crippen molar-refractivity contribution in [3.8, 4) is 0 Å². The fraction of sp³-hybridized carbons (Fsp3) is 0.929. The van der Waals surface area contributed by atoms with Crippen molar-refractivity contribution >= 4 is 5.97 Å². The zero-order valence-corrected chi connectivity index (χ0v) is 11.3. The quantitative estimate of drug-likeness (QED) is 0.726. The van der Waals surface area contributed by atoms with Crippen molar-refractivity contribution in [1.29, 1.82) is 0 Å². The fourth-order valence-electron chi connectivity index (χ4n) is 2.75. The maximum absolute atomic E-state index is 10.7. The van der Waals surface area contributed by atoms with Crippen molar-refractivity contribution < 1.29 is 9.90 Å². The van der Waals surface area contributed by atoms with Crippen LogP contribution in [0.3, 0.4) is 0 Å². The van der Waals surface area contributed by atoms with Gasteiger partial charge in [-0.05, 0) is 18.8 Å². The fourth-order valence-corrected chi connectivity index (χ4v) is 2.75. The first kappa shape index (κ1) is 14.5. The monoisotopic (exact) mass is 241 g/mol. The van der Waals surface area contributed by atoms with Crippen LogP contribution in [0.4, 0.5) is 0 Å². The minimum absolute atomic E-state index is 0.281. The van der Waals surface area contributed by atoms with Crippen molar-refractivity contribution in [2.24, 2.45) is 5.92 Å². The minimum atomic E-state index is -0.674. The molecule has 0 radical (unpaired) electrons. The molecule has 3 nitrogen and oxygen atoms in total. The van der Waals surface area contributed by atoms with Crippen LogP contribution in [0.2, 0.25) is 0 Å². The maximum Gasteiger partial charge on any atom is 0.304 e. The predicted octanol–water partition coefficient (Wildman–Crippen LogP) is 3.14. The third-order valence-corrected chi connectivity index (χ3v) is 3.55. The molecule has 17 heavy (non-hydrogen) atoms. The highest BCUT2D eigenvalue weighted by molar-refractivity contribution is 5.66. The van der Waals surface area contributed by atoms with Crippen LogP contribution in [-0.2, 0) is 4.79 Å². The lowest BCUT2D eigenvalue weighted by molar-refractivity contribution is -0.137. The summed E-state index contributed by atoms with van der Waals surface area (Å²) < 4.78 is 0. The Morgan fingerprint density at radius 2 is 1.82 bits per heavy atom. The van der Waals surface area contributed by atoms with Crippen LogP contribution in [0.25, 0.3) is 0 Å². The molecule has 100 valence electrons. The summed E-state index contributed by atoms with van der Waals surface area (Å²) in [7, 11) is 0. The summed E-state index contributed by atoms with van der Waals surface area (Å²) in [6.07, 6.45) is 8.12. The van der Waals surface area contributed by atoms with Gasteiger partial charge in [-0.1, -0.05) is 39.5 Å². The van der Waals surface area contributed by atoms with Crippen molar-refractivity contribution in [2.75, 3.05) is 13.1 Å². The Kier molecular flexibility index (Phi) is 6.56. The standard InChI is InChI=1S/C14H27NO2/c1-12(2)11-15(10-9-14(16)17)13-7-5-3-4-6-8-13/h12-13H,3-11H2,1-2H3,(H,16,17). The largest absolute Gasteiger partial charge is 0.481 e. The second kappa shape index (κ2) is 7.70. The highest BCUT2D eigenvalue weighted by atomic mass is 16.4. The average molecular weight is 241 g/mol. The number of hydrogen-bond donors (Lipinski definition) is 1. The number of carboxylic acids is 1. The Morgan fingerprint density at radius 1 is 1.24 bits per heavy atom. The summed E-state index contributed by atoms with van der Waals surface area (Å²) in [5.41, 5.74) is 0. The first-order chi connectivity index (χ1) is 8.09. The maximum atomic E-state index is 10.7. The number of rotatable bonds is 6.